The Morgan fingerprint density at radius 3 is 2.13 bits per heavy atom. The van der Waals surface area contributed by atoms with Gasteiger partial charge in [-0.15, -0.1) is 0 Å². The van der Waals surface area contributed by atoms with Crippen LogP contribution in [0.5, 0.6) is 0 Å². The van der Waals surface area contributed by atoms with Gasteiger partial charge in [-0.1, -0.05) is 55.6 Å². The lowest BCUT2D eigenvalue weighted by Gasteiger charge is -2.37. The highest BCUT2D eigenvalue weighted by molar-refractivity contribution is 6.90. The van der Waals surface area contributed by atoms with Gasteiger partial charge in [-0.2, -0.15) is 0 Å². The van der Waals surface area contributed by atoms with Gasteiger partial charge in [-0.25, -0.2) is 8.78 Å². The third-order valence-electron chi connectivity index (χ3n) is 5.13. The molecule has 0 amide bonds. The van der Waals surface area contributed by atoms with Crippen LogP contribution in [-0.4, -0.2) is 18.8 Å². The molecule has 2 aromatic rings. The summed E-state index contributed by atoms with van der Waals surface area (Å²) in [6.07, 6.45) is 4.95. The smallest absolute Gasteiger partial charge is 0.159 e. The monoisotopic (exact) mass is 341 g/mol. The number of hydrogen-bond donors (Lipinski definition) is 0. The average molecular weight is 342 g/mol. The van der Waals surface area contributed by atoms with Crippen molar-refractivity contribution in [3.8, 4) is 11.1 Å². The fourth-order valence-corrected chi connectivity index (χ4v) is 4.87. The molecule has 2 aromatic carbocycles. The molecule has 3 rings (SSSR count). The first-order valence-corrected chi connectivity index (χ1v) is 10.6. The molecule has 0 aliphatic heterocycles. The Labute approximate surface area is 142 Å². The molecule has 23 heavy (non-hydrogen) atoms. The summed E-state index contributed by atoms with van der Waals surface area (Å²) in [6, 6.07) is 12.4. The summed E-state index contributed by atoms with van der Waals surface area (Å²) < 4.78 is 26.4. The van der Waals surface area contributed by atoms with Gasteiger partial charge >= 0.3 is 0 Å². The van der Waals surface area contributed by atoms with Crippen LogP contribution in [-0.2, 0) is 5.41 Å². The fourth-order valence-electron chi connectivity index (χ4n) is 3.43. The summed E-state index contributed by atoms with van der Waals surface area (Å²) in [6.45, 7) is 2.34. The number of hydrogen-bond acceptors (Lipinski definition) is 0. The van der Waals surface area contributed by atoms with Gasteiger partial charge in [0.1, 0.15) is 0 Å². The lowest BCUT2D eigenvalue weighted by molar-refractivity contribution is 0.319. The van der Waals surface area contributed by atoms with E-state index in [0.29, 0.717) is 5.56 Å². The molecular weight excluding hydrogens is 322 g/mol. The molecule has 5 radical (unpaired) electrons. The first kappa shape index (κ1) is 16.6. The van der Waals surface area contributed by atoms with Crippen LogP contribution in [0.15, 0.2) is 42.5 Å². The maximum Gasteiger partial charge on any atom is 0.159 e. The Bertz CT molecular complexity index is 674. The molecule has 4 heteroatoms. The Balaban J connectivity index is 1.80. The largest absolute Gasteiger partial charge is 0.204 e. The van der Waals surface area contributed by atoms with E-state index in [9.17, 15) is 8.78 Å². The summed E-state index contributed by atoms with van der Waals surface area (Å²) >= 11 is 0. The zero-order valence-corrected chi connectivity index (χ0v) is 15.2. The van der Waals surface area contributed by atoms with Gasteiger partial charge in [0.15, 0.2) is 11.6 Å². The van der Waals surface area contributed by atoms with Crippen LogP contribution in [0, 0.1) is 11.6 Å². The Kier molecular flexibility index (Phi) is 4.83. The van der Waals surface area contributed by atoms with Gasteiger partial charge in [0.25, 0.3) is 0 Å². The molecule has 0 aromatic heterocycles. The van der Waals surface area contributed by atoms with E-state index >= 15 is 0 Å². The highest BCUT2D eigenvalue weighted by Crippen LogP contribution is 2.43. The Morgan fingerprint density at radius 2 is 1.57 bits per heavy atom. The van der Waals surface area contributed by atoms with E-state index in [1.54, 1.807) is 6.07 Å². The van der Waals surface area contributed by atoms with Crippen molar-refractivity contribution in [2.24, 2.45) is 0 Å². The van der Waals surface area contributed by atoms with E-state index in [1.807, 2.05) is 12.1 Å². The van der Waals surface area contributed by atoms with Gasteiger partial charge in [0, 0.05) is 18.8 Å². The Morgan fingerprint density at radius 1 is 0.957 bits per heavy atom. The van der Waals surface area contributed by atoms with Crippen LogP contribution in [0.25, 0.3) is 11.1 Å². The van der Waals surface area contributed by atoms with Gasteiger partial charge in [0.2, 0.25) is 0 Å². The normalized spacial score (nSPS) is 24.6. The third-order valence-corrected chi connectivity index (χ3v) is 7.34. The van der Waals surface area contributed by atoms with Crippen molar-refractivity contribution >= 4 is 18.8 Å². The predicted octanol–water partition coefficient (Wildman–Crippen LogP) is 5.04. The van der Waals surface area contributed by atoms with Gasteiger partial charge < -0.3 is 0 Å². The molecule has 0 N–H and O–H groups in total. The molecule has 0 atom stereocenters. The topological polar surface area (TPSA) is 0 Å². The molecule has 1 aliphatic carbocycles. The number of benzene rings is 2. The van der Waals surface area contributed by atoms with Gasteiger partial charge in [0.05, 0.1) is 0 Å². The highest BCUT2D eigenvalue weighted by Gasteiger charge is 2.31. The molecule has 117 valence electrons. The predicted molar refractivity (Wildman–Crippen MR) is 92.9 cm³/mol. The summed E-state index contributed by atoms with van der Waals surface area (Å²) in [4.78, 5) is 0. The molecule has 0 bridgehead atoms. The minimum atomic E-state index is -0.804. The van der Waals surface area contributed by atoms with Crippen molar-refractivity contribution in [2.75, 3.05) is 0 Å². The first-order chi connectivity index (χ1) is 11.0. The molecule has 0 nitrogen and oxygen atoms in total. The SMILES string of the molecule is CC1(c2ccc(-c3ccc(F)c(F)c3)cc2)CCC([Si][Si])CC1. The zero-order valence-electron chi connectivity index (χ0n) is 13.2. The van der Waals surface area contributed by atoms with Gasteiger partial charge in [-0.3, -0.25) is 0 Å². The summed E-state index contributed by atoms with van der Waals surface area (Å²) in [5.74, 6) is -1.60. The lowest BCUT2D eigenvalue weighted by atomic mass is 9.70. The molecule has 1 fully saturated rings. The van der Waals surface area contributed by atoms with Crippen LogP contribution in [0.3, 0.4) is 0 Å². The summed E-state index contributed by atoms with van der Waals surface area (Å²) in [5.41, 5.74) is 4.03. The molecule has 0 heterocycles. The van der Waals surface area contributed by atoms with E-state index in [-0.39, 0.29) is 5.41 Å². The molecule has 0 saturated heterocycles. The Hall–Kier alpha value is -1.27. The molecule has 1 aliphatic rings. The minimum Gasteiger partial charge on any atom is -0.204 e. The van der Waals surface area contributed by atoms with Crippen molar-refractivity contribution in [3.05, 3.63) is 59.7 Å². The van der Waals surface area contributed by atoms with Crippen LogP contribution in [0.1, 0.15) is 38.2 Å². The number of halogens is 2. The van der Waals surface area contributed by atoms with Gasteiger partial charge in [-0.05, 0) is 47.1 Å². The average Bonchev–Trinajstić information content (AvgIpc) is 2.58. The van der Waals surface area contributed by atoms with E-state index in [2.05, 4.69) is 28.8 Å². The highest BCUT2D eigenvalue weighted by atomic mass is 29.1. The fraction of sp³-hybridized carbons (Fsp3) is 0.368. The zero-order chi connectivity index (χ0) is 16.4. The van der Waals surface area contributed by atoms with Crippen molar-refractivity contribution in [3.63, 3.8) is 0 Å². The minimum absolute atomic E-state index is 0.231. The second-order valence-corrected chi connectivity index (χ2v) is 8.66. The maximum atomic E-state index is 13.4. The van der Waals surface area contributed by atoms with Crippen molar-refractivity contribution in [1.29, 1.82) is 0 Å². The first-order valence-electron chi connectivity index (χ1n) is 8.00. The molecule has 0 spiro atoms. The second kappa shape index (κ2) is 6.69. The summed E-state index contributed by atoms with van der Waals surface area (Å²) in [5, 5.41) is 0. The van der Waals surface area contributed by atoms with E-state index < -0.39 is 11.6 Å². The van der Waals surface area contributed by atoms with E-state index in [1.165, 1.54) is 43.4 Å². The van der Waals surface area contributed by atoms with Crippen LogP contribution < -0.4 is 0 Å². The quantitative estimate of drug-likeness (QED) is 0.686. The summed E-state index contributed by atoms with van der Waals surface area (Å²) in [7, 11) is 4.53. The standard InChI is InChI=1S/C19H19F2Si2/c1-19(10-8-16(23-22)9-11-19)15-5-2-13(3-6-15)14-4-7-17(20)18(21)12-14/h2-7,12,16H,8-11H2,1H3. The lowest BCUT2D eigenvalue weighted by Crippen LogP contribution is -2.28. The molecular formula is C19H19F2Si2. The second-order valence-electron chi connectivity index (χ2n) is 6.69. The van der Waals surface area contributed by atoms with Crippen LogP contribution >= 0.6 is 0 Å². The van der Waals surface area contributed by atoms with Crippen molar-refractivity contribution in [2.45, 2.75) is 43.6 Å². The third kappa shape index (κ3) is 3.48. The van der Waals surface area contributed by atoms with Crippen LogP contribution in [0.2, 0.25) is 5.54 Å². The van der Waals surface area contributed by atoms with E-state index in [4.69, 9.17) is 0 Å². The number of rotatable bonds is 3. The molecule has 1 saturated carbocycles. The maximum absolute atomic E-state index is 13.4. The van der Waals surface area contributed by atoms with Crippen LogP contribution in [0.4, 0.5) is 8.78 Å². The molecule has 0 unspecified atom stereocenters. The van der Waals surface area contributed by atoms with E-state index in [0.717, 1.165) is 20.1 Å². The van der Waals surface area contributed by atoms with Crippen molar-refractivity contribution < 1.29 is 8.78 Å². The van der Waals surface area contributed by atoms with Crippen molar-refractivity contribution in [1.82, 2.24) is 0 Å².